The fourth-order valence-electron chi connectivity index (χ4n) is 16.7. The van der Waals surface area contributed by atoms with Crippen LogP contribution in [0.2, 0.25) is 0 Å². The maximum atomic E-state index is 9.44. The Morgan fingerprint density at radius 3 is 1.09 bits per heavy atom. The van der Waals surface area contributed by atoms with E-state index < -0.39 is 16.8 Å². The molecule has 6 heterocycles. The fraction of sp³-hybridized carbons (Fsp3) is 0.975. The molecule has 14 unspecified atom stereocenters. The molecule has 18 atom stereocenters. The molecule has 6 fully saturated rings. The van der Waals surface area contributed by atoms with E-state index >= 15 is 0 Å². The zero-order valence-corrected chi connectivity index (χ0v) is 66.4. The Balaban J connectivity index is 0.000000862. The molecule has 6 rings (SSSR count). The highest BCUT2D eigenvalue weighted by atomic mass is 16.7. The summed E-state index contributed by atoms with van der Waals surface area (Å²) in [6.45, 7) is 93.6. The van der Waals surface area contributed by atoms with Crippen molar-refractivity contribution in [3.8, 4) is 0 Å². The molecule has 12 heteroatoms. The van der Waals surface area contributed by atoms with Gasteiger partial charge in [-0.1, -0.05) is 188 Å². The van der Waals surface area contributed by atoms with E-state index in [1.807, 2.05) is 0 Å². The monoisotopic (exact) mass is 1310 g/mol. The number of hydrogen-bond donors (Lipinski definition) is 0. The summed E-state index contributed by atoms with van der Waals surface area (Å²) in [4.78, 5) is 18.9. The lowest BCUT2D eigenvalue weighted by Gasteiger charge is -2.71. The van der Waals surface area contributed by atoms with Crippen LogP contribution >= 0.6 is 0 Å². The number of ether oxygens (including phenoxy) is 10. The van der Waals surface area contributed by atoms with Crippen LogP contribution < -0.4 is 0 Å². The van der Waals surface area contributed by atoms with Gasteiger partial charge < -0.3 is 57.0 Å². The lowest BCUT2D eigenvalue weighted by atomic mass is 9.43. The molecule has 0 aromatic heterocycles. The van der Waals surface area contributed by atoms with Gasteiger partial charge in [0.05, 0.1) is 91.6 Å². The third-order valence-corrected chi connectivity index (χ3v) is 30.2. The summed E-state index contributed by atoms with van der Waals surface area (Å²) < 4.78 is 66.8. The highest BCUT2D eigenvalue weighted by Gasteiger charge is 2.72. The predicted octanol–water partition coefficient (Wildman–Crippen LogP) is 20.0. The lowest BCUT2D eigenvalue weighted by Crippen LogP contribution is -2.74. The Hall–Kier alpha value is -1.06. The quantitative estimate of drug-likeness (QED) is 0.164. The average Bonchev–Trinajstić information content (AvgIpc) is 0.707. The Kier molecular flexibility index (Phi) is 29.0. The van der Waals surface area contributed by atoms with Crippen molar-refractivity contribution in [1.29, 1.82) is 0 Å². The zero-order valence-electron chi connectivity index (χ0n) is 66.4. The average molecular weight is 1310 g/mol. The van der Waals surface area contributed by atoms with Crippen molar-refractivity contribution in [2.24, 2.45) is 102 Å². The van der Waals surface area contributed by atoms with Crippen LogP contribution in [0.4, 0.5) is 0 Å². The molecule has 6 aliphatic rings. The molecule has 0 saturated carbocycles. The molecule has 0 aromatic rings. The van der Waals surface area contributed by atoms with Crippen LogP contribution in [0.15, 0.2) is 0 Å². The largest absolute Gasteiger partial charge is 0.378 e. The van der Waals surface area contributed by atoms with E-state index in [9.17, 15) is 9.59 Å². The van der Waals surface area contributed by atoms with Crippen LogP contribution in [0.25, 0.3) is 0 Å². The van der Waals surface area contributed by atoms with E-state index in [0.29, 0.717) is 92.9 Å². The molecule has 0 spiro atoms. The number of carbonyl (C=O) groups excluding carboxylic acids is 2. The van der Waals surface area contributed by atoms with Gasteiger partial charge in [0.25, 0.3) is 0 Å². The number of Topliss-reactive ketones (excluding diaryl/α,β-unsaturated/α-hetero) is 2. The minimum Gasteiger partial charge on any atom is -0.378 e. The second-order valence-corrected chi connectivity index (χ2v) is 37.3. The maximum Gasteiger partial charge on any atom is 0.160 e. The molecule has 0 aliphatic carbocycles. The van der Waals surface area contributed by atoms with E-state index in [2.05, 4.69) is 249 Å². The van der Waals surface area contributed by atoms with Gasteiger partial charge in [-0.15, -0.1) is 0 Å². The van der Waals surface area contributed by atoms with Crippen LogP contribution in [0.1, 0.15) is 292 Å². The Bertz CT molecular complexity index is 2340. The normalized spacial score (nSPS) is 41.1. The molecule has 0 amide bonds. The number of ketones is 2. The summed E-state index contributed by atoms with van der Waals surface area (Å²) in [5, 5.41) is 0. The molecular formula is C80H156O12. The van der Waals surface area contributed by atoms with Crippen molar-refractivity contribution in [2.75, 3.05) is 46.2 Å². The molecule has 6 aliphatic heterocycles. The molecule has 0 bridgehead atoms. The van der Waals surface area contributed by atoms with Gasteiger partial charge >= 0.3 is 0 Å². The van der Waals surface area contributed by atoms with Gasteiger partial charge in [-0.3, -0.25) is 0 Å². The second-order valence-electron chi connectivity index (χ2n) is 37.3. The van der Waals surface area contributed by atoms with E-state index in [0.717, 1.165) is 6.61 Å². The molecule has 6 saturated heterocycles. The van der Waals surface area contributed by atoms with E-state index in [4.69, 9.17) is 47.4 Å². The van der Waals surface area contributed by atoms with Crippen molar-refractivity contribution in [3.63, 3.8) is 0 Å². The summed E-state index contributed by atoms with van der Waals surface area (Å²) in [5.41, 5.74) is -3.85. The maximum absolute atomic E-state index is 9.44. The molecule has 12 nitrogen and oxygen atoms in total. The van der Waals surface area contributed by atoms with Crippen molar-refractivity contribution >= 4 is 11.6 Å². The lowest BCUT2D eigenvalue weighted by molar-refractivity contribution is -0.367. The van der Waals surface area contributed by atoms with Gasteiger partial charge in [0.1, 0.15) is 11.6 Å². The van der Waals surface area contributed by atoms with E-state index in [-0.39, 0.29) is 123 Å². The van der Waals surface area contributed by atoms with Crippen LogP contribution in [0, 0.1) is 102 Å². The van der Waals surface area contributed by atoms with Gasteiger partial charge in [0, 0.05) is 40.1 Å². The summed E-state index contributed by atoms with van der Waals surface area (Å²) in [6, 6.07) is 0. The summed E-state index contributed by atoms with van der Waals surface area (Å²) in [5.74, 6) is 4.80. The van der Waals surface area contributed by atoms with Crippen LogP contribution in [0.5, 0.6) is 0 Å². The number of hydrogen-bond acceptors (Lipinski definition) is 12. The molecule has 92 heavy (non-hydrogen) atoms. The first kappa shape index (κ1) is 89.0. The summed E-state index contributed by atoms with van der Waals surface area (Å²) >= 11 is 0. The van der Waals surface area contributed by atoms with Crippen LogP contribution in [0.3, 0.4) is 0 Å². The highest BCUT2D eigenvalue weighted by Crippen LogP contribution is 2.70. The summed E-state index contributed by atoms with van der Waals surface area (Å²) in [6.07, 6.45) is -0.0178. The standard InChI is InChI=1S/C45H86O5.C27H50O5.2C3H6O.2CH4/c1-31(2)32(3,4)39(17,18)49-44(25,36(31,11)12)29-47-28-43(24)35(9,10)37(13,14)45(26,50-41(43,21)22)30-46-27-42(23)34(7,8)33(5,6)38(15,16)48-40(42,19)20;1-14-11-28-24(19(6)15(14)2)12-29-27-22(9)17(4)20(7)25(32-27)13-30-26-21(8)16(3)18(5)23(10)31-26;2*1-3(2)4;;/h27-30H2,1-26H3;14-27H,11-13H2,1-10H3;2*1-2H3;2*1H4/t42-,43-,44-,45-;;;;;/m0...../s1. The van der Waals surface area contributed by atoms with Crippen molar-refractivity contribution in [2.45, 2.75) is 356 Å². The Morgan fingerprint density at radius 1 is 0.348 bits per heavy atom. The van der Waals surface area contributed by atoms with Gasteiger partial charge in [0.2, 0.25) is 0 Å². The van der Waals surface area contributed by atoms with Gasteiger partial charge in [-0.2, -0.15) is 0 Å². The highest BCUT2D eigenvalue weighted by molar-refractivity contribution is 5.72. The number of rotatable bonds is 14. The minimum atomic E-state index is -0.547. The van der Waals surface area contributed by atoms with Crippen LogP contribution in [-0.4, -0.2) is 122 Å². The third-order valence-electron chi connectivity index (χ3n) is 30.2. The van der Waals surface area contributed by atoms with Crippen molar-refractivity contribution in [3.05, 3.63) is 0 Å². The van der Waals surface area contributed by atoms with Gasteiger partial charge in [-0.05, 0) is 172 Å². The van der Waals surface area contributed by atoms with Gasteiger partial charge in [-0.25, -0.2) is 0 Å². The van der Waals surface area contributed by atoms with E-state index in [1.54, 1.807) is 0 Å². The van der Waals surface area contributed by atoms with Crippen molar-refractivity contribution < 1.29 is 57.0 Å². The molecular weight excluding hydrogens is 1150 g/mol. The van der Waals surface area contributed by atoms with Crippen molar-refractivity contribution in [1.82, 2.24) is 0 Å². The second kappa shape index (κ2) is 30.0. The number of carbonyl (C=O) groups is 2. The fourth-order valence-corrected chi connectivity index (χ4v) is 16.7. The first-order valence-electron chi connectivity index (χ1n) is 35.4. The molecule has 0 radical (unpaired) electrons. The molecule has 0 aromatic carbocycles. The topological polar surface area (TPSA) is 126 Å². The Morgan fingerprint density at radius 2 is 0.663 bits per heavy atom. The minimum absolute atomic E-state index is 0. The SMILES string of the molecule is C.C.CC(C)=O.CC(C)=O.CC1(C)O[C@@](C)(COC[C@]2(C)C(C)(C)O[C@@](C)(COC[C@]3(C)C(C)(C)OC(C)(C)C(C)(C)C3(C)C)C(C)(C)C2(C)C)C(C)(C)C(C)(C)C1(C)C.CC1COC(COC2OC(COC3OC(C)C(C)C(C)C3C)C(C)C(C)C2C)C(C)C1C. The third kappa shape index (κ3) is 15.9. The predicted molar refractivity (Wildman–Crippen MR) is 384 cm³/mol. The van der Waals surface area contributed by atoms with Crippen LogP contribution in [-0.2, 0) is 57.0 Å². The zero-order chi connectivity index (χ0) is 70.8. The first-order valence-corrected chi connectivity index (χ1v) is 35.4. The first-order chi connectivity index (χ1) is 40.0. The van der Waals surface area contributed by atoms with Gasteiger partial charge in [0.15, 0.2) is 12.6 Å². The molecule has 548 valence electrons. The Labute approximate surface area is 570 Å². The molecule has 0 N–H and O–H groups in total. The summed E-state index contributed by atoms with van der Waals surface area (Å²) in [7, 11) is 0. The van der Waals surface area contributed by atoms with E-state index in [1.165, 1.54) is 27.7 Å². The smallest absolute Gasteiger partial charge is 0.160 e.